The van der Waals surface area contributed by atoms with Crippen molar-refractivity contribution in [2.24, 2.45) is 10.2 Å². The second kappa shape index (κ2) is 6.43. The minimum absolute atomic E-state index is 0.601. The highest BCUT2D eigenvalue weighted by Gasteiger charge is 1.95. The number of pyridine rings is 1. The number of aromatic nitrogens is 1. The van der Waals surface area contributed by atoms with E-state index >= 15 is 0 Å². The molecule has 102 valence electrons. The molecule has 1 heterocycles. The van der Waals surface area contributed by atoms with Crippen LogP contribution < -0.4 is 5.32 Å². The lowest BCUT2D eigenvalue weighted by atomic mass is 10.2. The molecule has 0 fully saturated rings. The zero-order chi connectivity index (χ0) is 14.3. The fourth-order valence-corrected chi connectivity index (χ4v) is 1.82. The van der Waals surface area contributed by atoms with Crippen LogP contribution in [0.5, 0.6) is 0 Å². The first-order chi connectivity index (χ1) is 10.4. The Morgan fingerprint density at radius 2 is 1.38 bits per heavy atom. The van der Waals surface area contributed by atoms with Gasteiger partial charge in [-0.25, -0.2) is 4.98 Å². The third-order valence-corrected chi connectivity index (χ3v) is 2.85. The van der Waals surface area contributed by atoms with E-state index in [1.54, 1.807) is 6.20 Å². The van der Waals surface area contributed by atoms with Crippen LogP contribution in [-0.2, 0) is 0 Å². The molecule has 0 unspecified atom stereocenters. The Balaban J connectivity index is 1.68. The Morgan fingerprint density at radius 1 is 0.667 bits per heavy atom. The number of anilines is 2. The molecule has 1 N–H and O–H groups in total. The predicted octanol–water partition coefficient (Wildman–Crippen LogP) is 5.24. The molecule has 0 aliphatic heterocycles. The van der Waals surface area contributed by atoms with Crippen LogP contribution in [0.2, 0.25) is 0 Å². The first kappa shape index (κ1) is 13.0. The van der Waals surface area contributed by atoms with Crippen LogP contribution in [0.3, 0.4) is 0 Å². The van der Waals surface area contributed by atoms with Gasteiger partial charge in [0.1, 0.15) is 0 Å². The zero-order valence-electron chi connectivity index (χ0n) is 11.3. The molecule has 3 aromatic rings. The van der Waals surface area contributed by atoms with Gasteiger partial charge in [0.25, 0.3) is 0 Å². The van der Waals surface area contributed by atoms with Crippen molar-refractivity contribution in [1.29, 1.82) is 0 Å². The number of azo groups is 1. The van der Waals surface area contributed by atoms with Gasteiger partial charge in [-0.15, -0.1) is 10.2 Å². The van der Waals surface area contributed by atoms with Crippen molar-refractivity contribution in [2.75, 3.05) is 5.32 Å². The third kappa shape index (κ3) is 3.73. The van der Waals surface area contributed by atoms with Gasteiger partial charge >= 0.3 is 0 Å². The van der Waals surface area contributed by atoms with Crippen molar-refractivity contribution in [3.05, 3.63) is 79.0 Å². The van der Waals surface area contributed by atoms with Crippen LogP contribution in [0.1, 0.15) is 0 Å². The fourth-order valence-electron chi connectivity index (χ4n) is 1.82. The van der Waals surface area contributed by atoms with Crippen LogP contribution in [0.25, 0.3) is 0 Å². The summed E-state index contributed by atoms with van der Waals surface area (Å²) in [4.78, 5) is 4.09. The van der Waals surface area contributed by atoms with E-state index in [4.69, 9.17) is 0 Å². The zero-order valence-corrected chi connectivity index (χ0v) is 11.3. The molecular weight excluding hydrogens is 260 g/mol. The van der Waals surface area contributed by atoms with Crippen LogP contribution in [0, 0.1) is 0 Å². The van der Waals surface area contributed by atoms with E-state index in [9.17, 15) is 0 Å². The molecule has 0 spiro atoms. The standard InChI is InChI=1S/C17H14N4/c1-2-6-14(7-3-1)19-15-9-11-16(12-10-15)20-21-17-8-4-5-13-18-17/h1-13,19H. The van der Waals surface area contributed by atoms with E-state index in [2.05, 4.69) is 20.5 Å². The normalized spacial score (nSPS) is 10.7. The van der Waals surface area contributed by atoms with Crippen molar-refractivity contribution in [3.8, 4) is 0 Å². The van der Waals surface area contributed by atoms with Crippen LogP contribution >= 0.6 is 0 Å². The van der Waals surface area contributed by atoms with Gasteiger partial charge in [-0.3, -0.25) is 0 Å². The molecule has 3 rings (SSSR count). The van der Waals surface area contributed by atoms with Gasteiger partial charge in [0.05, 0.1) is 5.69 Å². The van der Waals surface area contributed by atoms with Crippen molar-refractivity contribution in [1.82, 2.24) is 4.98 Å². The Morgan fingerprint density at radius 3 is 2.10 bits per heavy atom. The highest BCUT2D eigenvalue weighted by Crippen LogP contribution is 2.21. The minimum atomic E-state index is 0.601. The third-order valence-electron chi connectivity index (χ3n) is 2.85. The molecule has 4 heteroatoms. The van der Waals surface area contributed by atoms with Crippen molar-refractivity contribution in [3.63, 3.8) is 0 Å². The highest BCUT2D eigenvalue weighted by atomic mass is 15.1. The van der Waals surface area contributed by atoms with E-state index in [1.165, 1.54) is 0 Å². The Hall–Kier alpha value is -3.01. The van der Waals surface area contributed by atoms with Gasteiger partial charge in [0, 0.05) is 17.6 Å². The summed E-state index contributed by atoms with van der Waals surface area (Å²) in [5.74, 6) is 0.601. The molecular formula is C17H14N4. The summed E-state index contributed by atoms with van der Waals surface area (Å²) in [6.45, 7) is 0. The lowest BCUT2D eigenvalue weighted by molar-refractivity contribution is 1.15. The average molecular weight is 274 g/mol. The van der Waals surface area contributed by atoms with E-state index in [0.29, 0.717) is 5.82 Å². The molecule has 0 amide bonds. The summed E-state index contributed by atoms with van der Waals surface area (Å²) >= 11 is 0. The second-order valence-corrected chi connectivity index (χ2v) is 4.43. The molecule has 2 aromatic carbocycles. The maximum Gasteiger partial charge on any atom is 0.174 e. The van der Waals surface area contributed by atoms with E-state index < -0.39 is 0 Å². The molecule has 0 saturated heterocycles. The first-order valence-electron chi connectivity index (χ1n) is 6.65. The van der Waals surface area contributed by atoms with Crippen LogP contribution in [-0.4, -0.2) is 4.98 Å². The molecule has 0 saturated carbocycles. The van der Waals surface area contributed by atoms with Crippen molar-refractivity contribution in [2.45, 2.75) is 0 Å². The topological polar surface area (TPSA) is 49.6 Å². The quantitative estimate of drug-likeness (QED) is 0.661. The molecule has 0 aliphatic rings. The maximum atomic E-state index is 4.16. The van der Waals surface area contributed by atoms with Gasteiger partial charge in [-0.05, 0) is 48.5 Å². The summed E-state index contributed by atoms with van der Waals surface area (Å²) in [5, 5.41) is 11.6. The monoisotopic (exact) mass is 274 g/mol. The molecule has 0 aliphatic carbocycles. The lowest BCUT2D eigenvalue weighted by Gasteiger charge is -2.05. The largest absolute Gasteiger partial charge is 0.356 e. The van der Waals surface area contributed by atoms with E-state index in [0.717, 1.165) is 17.1 Å². The van der Waals surface area contributed by atoms with Gasteiger partial charge in [0.15, 0.2) is 5.82 Å². The number of para-hydroxylation sites is 1. The predicted molar refractivity (Wildman–Crippen MR) is 84.6 cm³/mol. The number of nitrogens with zero attached hydrogens (tertiary/aromatic N) is 3. The second-order valence-electron chi connectivity index (χ2n) is 4.43. The van der Waals surface area contributed by atoms with Crippen molar-refractivity contribution >= 4 is 22.9 Å². The number of nitrogens with one attached hydrogen (secondary N) is 1. The van der Waals surface area contributed by atoms with Gasteiger partial charge in [-0.2, -0.15) is 0 Å². The minimum Gasteiger partial charge on any atom is -0.356 e. The lowest BCUT2D eigenvalue weighted by Crippen LogP contribution is -1.88. The summed E-state index contributed by atoms with van der Waals surface area (Å²) in [6.07, 6.45) is 1.70. The summed E-state index contributed by atoms with van der Waals surface area (Å²) in [5.41, 5.74) is 2.86. The molecule has 0 radical (unpaired) electrons. The van der Waals surface area contributed by atoms with E-state index in [-0.39, 0.29) is 0 Å². The molecule has 21 heavy (non-hydrogen) atoms. The number of rotatable bonds is 4. The fraction of sp³-hybridized carbons (Fsp3) is 0. The Kier molecular flexibility index (Phi) is 3.98. The highest BCUT2D eigenvalue weighted by molar-refractivity contribution is 5.61. The van der Waals surface area contributed by atoms with Gasteiger partial charge in [0.2, 0.25) is 0 Å². The number of hydrogen-bond donors (Lipinski definition) is 1. The van der Waals surface area contributed by atoms with Crippen molar-refractivity contribution < 1.29 is 0 Å². The van der Waals surface area contributed by atoms with Crippen LogP contribution in [0.4, 0.5) is 22.9 Å². The van der Waals surface area contributed by atoms with Gasteiger partial charge < -0.3 is 5.32 Å². The number of benzene rings is 2. The Labute approximate surface area is 123 Å². The molecule has 4 nitrogen and oxygen atoms in total. The van der Waals surface area contributed by atoms with Gasteiger partial charge in [-0.1, -0.05) is 24.3 Å². The molecule has 0 bridgehead atoms. The van der Waals surface area contributed by atoms with Crippen LogP contribution in [0.15, 0.2) is 89.2 Å². The average Bonchev–Trinajstić information content (AvgIpc) is 2.56. The number of hydrogen-bond acceptors (Lipinski definition) is 4. The maximum absolute atomic E-state index is 4.16. The summed E-state index contributed by atoms with van der Waals surface area (Å²) in [7, 11) is 0. The Bertz CT molecular complexity index is 707. The summed E-state index contributed by atoms with van der Waals surface area (Å²) < 4.78 is 0. The molecule has 0 atom stereocenters. The van der Waals surface area contributed by atoms with E-state index in [1.807, 2.05) is 72.8 Å². The summed E-state index contributed by atoms with van der Waals surface area (Å²) in [6, 6.07) is 23.4. The smallest absolute Gasteiger partial charge is 0.174 e. The first-order valence-corrected chi connectivity index (χ1v) is 6.65. The SMILES string of the molecule is c1ccc(Nc2ccc(N=Nc3ccccn3)cc2)cc1. The molecule has 1 aromatic heterocycles.